The van der Waals surface area contributed by atoms with Gasteiger partial charge >= 0.3 is 0 Å². The van der Waals surface area contributed by atoms with Gasteiger partial charge in [-0.25, -0.2) is 8.42 Å². The second kappa shape index (κ2) is 6.49. The Bertz CT molecular complexity index is 1040. The number of aromatic nitrogens is 1. The fraction of sp³-hybridized carbons (Fsp3) is 0.450. The van der Waals surface area contributed by atoms with E-state index in [1.807, 2.05) is 13.0 Å². The lowest BCUT2D eigenvalue weighted by molar-refractivity contribution is 0.300. The maximum atomic E-state index is 12.8. The molecule has 0 atom stereocenters. The van der Waals surface area contributed by atoms with Crippen LogP contribution in [0.2, 0.25) is 0 Å². The monoisotopic (exact) mass is 388 g/mol. The van der Waals surface area contributed by atoms with E-state index in [2.05, 4.69) is 0 Å². The van der Waals surface area contributed by atoms with Crippen molar-refractivity contribution >= 4 is 10.0 Å². The zero-order valence-corrected chi connectivity index (χ0v) is 16.7. The molecule has 0 bridgehead atoms. The highest BCUT2D eigenvalue weighted by atomic mass is 32.2. The Balaban J connectivity index is 1.87. The van der Waals surface area contributed by atoms with Crippen LogP contribution in [0.25, 0.3) is 11.1 Å². The number of sulfonamides is 1. The second-order valence-electron chi connectivity index (χ2n) is 7.47. The number of rotatable bonds is 5. The highest BCUT2D eigenvalue weighted by Crippen LogP contribution is 2.40. The van der Waals surface area contributed by atoms with Crippen LogP contribution in [0.4, 0.5) is 0 Å². The number of nitrogens with zero attached hydrogens (tertiary/aromatic N) is 2. The third-order valence-corrected chi connectivity index (χ3v) is 7.33. The van der Waals surface area contributed by atoms with Crippen LogP contribution in [-0.2, 0) is 23.6 Å². The number of ether oxygens (including phenoxy) is 1. The van der Waals surface area contributed by atoms with Crippen LogP contribution >= 0.6 is 0 Å². The van der Waals surface area contributed by atoms with Crippen LogP contribution in [-0.4, -0.2) is 30.4 Å². The van der Waals surface area contributed by atoms with E-state index in [1.54, 1.807) is 32.3 Å². The normalized spacial score (nSPS) is 18.5. The lowest BCUT2D eigenvalue weighted by Gasteiger charge is -2.15. The SMILES string of the molecule is CCN1Cc2cc(OCC3CC3)c(-c3cc(C)c(=O)n(C)c3)cc2S1(=O)=O. The Morgan fingerprint density at radius 3 is 2.59 bits per heavy atom. The quantitative estimate of drug-likeness (QED) is 0.790. The summed E-state index contributed by atoms with van der Waals surface area (Å²) in [5.74, 6) is 1.27. The predicted molar refractivity (Wildman–Crippen MR) is 103 cm³/mol. The first-order valence-corrected chi connectivity index (χ1v) is 10.7. The molecule has 27 heavy (non-hydrogen) atoms. The summed E-state index contributed by atoms with van der Waals surface area (Å²) in [6, 6.07) is 5.37. The average Bonchev–Trinajstić information content (AvgIpc) is 3.42. The minimum absolute atomic E-state index is 0.0647. The molecular weight excluding hydrogens is 364 g/mol. The maximum absolute atomic E-state index is 12.8. The maximum Gasteiger partial charge on any atom is 0.253 e. The third-order valence-electron chi connectivity index (χ3n) is 5.32. The van der Waals surface area contributed by atoms with Gasteiger partial charge in [-0.1, -0.05) is 6.92 Å². The molecule has 0 saturated heterocycles. The van der Waals surface area contributed by atoms with E-state index < -0.39 is 10.0 Å². The molecule has 0 spiro atoms. The van der Waals surface area contributed by atoms with Crippen molar-refractivity contribution in [3.05, 3.63) is 45.9 Å². The molecule has 0 unspecified atom stereocenters. The Morgan fingerprint density at radius 2 is 1.96 bits per heavy atom. The first-order valence-electron chi connectivity index (χ1n) is 9.28. The van der Waals surface area contributed by atoms with Gasteiger partial charge in [-0.15, -0.1) is 0 Å². The summed E-state index contributed by atoms with van der Waals surface area (Å²) in [5, 5.41) is 0. The van der Waals surface area contributed by atoms with E-state index >= 15 is 0 Å². The molecule has 0 radical (unpaired) electrons. The molecule has 4 rings (SSSR count). The van der Waals surface area contributed by atoms with E-state index in [1.165, 1.54) is 21.7 Å². The van der Waals surface area contributed by atoms with Gasteiger partial charge in [0.15, 0.2) is 0 Å². The van der Waals surface area contributed by atoms with Gasteiger partial charge in [-0.2, -0.15) is 4.31 Å². The van der Waals surface area contributed by atoms with Crippen LogP contribution in [0.1, 0.15) is 30.9 Å². The zero-order chi connectivity index (χ0) is 19.3. The van der Waals surface area contributed by atoms with E-state index in [9.17, 15) is 13.2 Å². The Hall–Kier alpha value is -2.12. The van der Waals surface area contributed by atoms with Crippen molar-refractivity contribution in [2.45, 2.75) is 38.1 Å². The lowest BCUT2D eigenvalue weighted by Crippen LogP contribution is -2.23. The molecule has 7 heteroatoms. The van der Waals surface area contributed by atoms with E-state index in [4.69, 9.17) is 4.74 Å². The lowest BCUT2D eigenvalue weighted by atomic mass is 10.0. The number of pyridine rings is 1. The number of hydrogen-bond acceptors (Lipinski definition) is 4. The Morgan fingerprint density at radius 1 is 1.22 bits per heavy atom. The summed E-state index contributed by atoms with van der Waals surface area (Å²) in [5.41, 5.74) is 2.82. The largest absolute Gasteiger partial charge is 0.493 e. The van der Waals surface area contributed by atoms with Gasteiger partial charge in [-0.3, -0.25) is 4.79 Å². The molecule has 6 nitrogen and oxygen atoms in total. The Labute approximate surface area is 159 Å². The summed E-state index contributed by atoms with van der Waals surface area (Å²) in [6.07, 6.45) is 4.09. The van der Waals surface area contributed by atoms with E-state index in [-0.39, 0.29) is 5.56 Å². The summed E-state index contributed by atoms with van der Waals surface area (Å²) >= 11 is 0. The van der Waals surface area contributed by atoms with Crippen LogP contribution in [0.5, 0.6) is 5.75 Å². The summed E-state index contributed by atoms with van der Waals surface area (Å²) in [4.78, 5) is 12.4. The molecule has 2 heterocycles. The first-order chi connectivity index (χ1) is 12.8. The van der Waals surface area contributed by atoms with Gasteiger partial charge in [-0.05, 0) is 49.4 Å². The van der Waals surface area contributed by atoms with Crippen LogP contribution in [0.3, 0.4) is 0 Å². The third kappa shape index (κ3) is 3.19. The highest BCUT2D eigenvalue weighted by molar-refractivity contribution is 7.89. The predicted octanol–water partition coefficient (Wildman–Crippen LogP) is 2.67. The van der Waals surface area contributed by atoms with Crippen LogP contribution < -0.4 is 10.3 Å². The van der Waals surface area contributed by atoms with Crippen molar-refractivity contribution in [1.29, 1.82) is 0 Å². The molecule has 2 aromatic rings. The highest BCUT2D eigenvalue weighted by Gasteiger charge is 2.35. The van der Waals surface area contributed by atoms with E-state index in [0.29, 0.717) is 41.8 Å². The molecule has 1 aromatic carbocycles. The minimum atomic E-state index is -3.48. The van der Waals surface area contributed by atoms with Crippen molar-refractivity contribution in [1.82, 2.24) is 8.87 Å². The van der Waals surface area contributed by atoms with Gasteiger partial charge < -0.3 is 9.30 Å². The molecule has 2 aliphatic rings. The molecule has 0 amide bonds. The van der Waals surface area contributed by atoms with Crippen molar-refractivity contribution in [2.75, 3.05) is 13.2 Å². The molecule has 1 fully saturated rings. The van der Waals surface area contributed by atoms with Crippen LogP contribution in [0.15, 0.2) is 34.1 Å². The van der Waals surface area contributed by atoms with Crippen molar-refractivity contribution in [3.63, 3.8) is 0 Å². The topological polar surface area (TPSA) is 68.6 Å². The molecule has 1 aliphatic heterocycles. The number of fused-ring (bicyclic) bond motifs is 1. The van der Waals surface area contributed by atoms with Gasteiger partial charge in [0.2, 0.25) is 10.0 Å². The van der Waals surface area contributed by atoms with E-state index in [0.717, 1.165) is 16.7 Å². The van der Waals surface area contributed by atoms with Gasteiger partial charge in [0.25, 0.3) is 5.56 Å². The Kier molecular flexibility index (Phi) is 4.39. The molecule has 1 saturated carbocycles. The zero-order valence-electron chi connectivity index (χ0n) is 15.9. The number of hydrogen-bond donors (Lipinski definition) is 0. The average molecular weight is 388 g/mol. The first kappa shape index (κ1) is 18.3. The van der Waals surface area contributed by atoms with Gasteiger partial charge in [0.1, 0.15) is 5.75 Å². The molecule has 144 valence electrons. The summed E-state index contributed by atoms with van der Waals surface area (Å²) in [6.45, 7) is 5.05. The van der Waals surface area contributed by atoms with Crippen molar-refractivity contribution in [2.24, 2.45) is 13.0 Å². The smallest absolute Gasteiger partial charge is 0.253 e. The number of benzene rings is 1. The van der Waals surface area contributed by atoms with Gasteiger partial charge in [0.05, 0.1) is 11.5 Å². The molecule has 0 N–H and O–H groups in total. The standard InChI is InChI=1S/C20H24N2O4S/c1-4-22-11-16-8-18(26-12-14-5-6-14)17(9-19(16)27(22,24)25)15-7-13(2)20(23)21(3)10-15/h7-10,14H,4-6,11-12H2,1-3H3. The fourth-order valence-electron chi connectivity index (χ4n) is 3.52. The molecule has 1 aliphatic carbocycles. The summed E-state index contributed by atoms with van der Waals surface area (Å²) < 4.78 is 34.7. The number of aryl methyl sites for hydroxylation is 2. The minimum Gasteiger partial charge on any atom is -0.493 e. The second-order valence-corrected chi connectivity index (χ2v) is 9.38. The summed E-state index contributed by atoms with van der Waals surface area (Å²) in [7, 11) is -1.78. The molecular formula is C20H24N2O4S. The fourth-order valence-corrected chi connectivity index (χ4v) is 5.17. The van der Waals surface area contributed by atoms with Crippen molar-refractivity contribution in [3.8, 4) is 16.9 Å². The van der Waals surface area contributed by atoms with Crippen molar-refractivity contribution < 1.29 is 13.2 Å². The van der Waals surface area contributed by atoms with Crippen LogP contribution in [0, 0.1) is 12.8 Å². The molecule has 1 aromatic heterocycles. The van der Waals surface area contributed by atoms with Gasteiger partial charge in [0, 0.05) is 43.0 Å².